The minimum Gasteiger partial charge on any atom is -0.317 e. The van der Waals surface area contributed by atoms with Crippen LogP contribution in [0.4, 0.5) is 4.39 Å². The fourth-order valence-corrected chi connectivity index (χ4v) is 1.85. The van der Waals surface area contributed by atoms with Crippen molar-refractivity contribution < 1.29 is 4.39 Å². The first kappa shape index (κ1) is 14.2. The summed E-state index contributed by atoms with van der Waals surface area (Å²) in [5.74, 6) is -0.343. The molecule has 1 N–H and O–H groups in total. The Bertz CT molecular complexity index is 388. The second-order valence-corrected chi connectivity index (χ2v) is 4.46. The Morgan fingerprint density at radius 3 is 2.94 bits per heavy atom. The Morgan fingerprint density at radius 1 is 1.47 bits per heavy atom. The molecule has 0 amide bonds. The Kier molecular flexibility index (Phi) is 6.23. The van der Waals surface area contributed by atoms with E-state index in [1.807, 2.05) is 13.0 Å². The van der Waals surface area contributed by atoms with Crippen molar-refractivity contribution in [1.82, 2.24) is 5.32 Å². The molecule has 0 aromatic heterocycles. The van der Waals surface area contributed by atoms with Gasteiger partial charge in [-0.25, -0.2) is 4.39 Å². The SMILES string of the molecule is CCNCC/C=C(/C)Cc1cccc(F)c1Cl. The van der Waals surface area contributed by atoms with E-state index >= 15 is 0 Å². The molecule has 1 rings (SSSR count). The molecule has 0 saturated heterocycles. The summed E-state index contributed by atoms with van der Waals surface area (Å²) in [6.45, 7) is 6.10. The maximum atomic E-state index is 13.2. The molecule has 0 aliphatic carbocycles. The number of benzene rings is 1. The van der Waals surface area contributed by atoms with Crippen LogP contribution in [0.5, 0.6) is 0 Å². The largest absolute Gasteiger partial charge is 0.317 e. The summed E-state index contributed by atoms with van der Waals surface area (Å²) >= 11 is 5.91. The van der Waals surface area contributed by atoms with Gasteiger partial charge in [-0.15, -0.1) is 0 Å². The molecule has 0 saturated carbocycles. The highest BCUT2D eigenvalue weighted by molar-refractivity contribution is 6.31. The molecule has 1 aromatic carbocycles. The summed E-state index contributed by atoms with van der Waals surface area (Å²) in [7, 11) is 0. The zero-order valence-corrected chi connectivity index (χ0v) is 11.1. The summed E-state index contributed by atoms with van der Waals surface area (Å²) in [5, 5.41) is 3.50. The Labute approximate surface area is 108 Å². The van der Waals surface area contributed by atoms with Crippen LogP contribution in [0.1, 0.15) is 25.8 Å². The van der Waals surface area contributed by atoms with E-state index in [-0.39, 0.29) is 10.8 Å². The first-order valence-electron chi connectivity index (χ1n) is 5.94. The van der Waals surface area contributed by atoms with Crippen molar-refractivity contribution in [2.45, 2.75) is 26.7 Å². The van der Waals surface area contributed by atoms with Crippen LogP contribution in [-0.2, 0) is 6.42 Å². The van der Waals surface area contributed by atoms with Crippen LogP contribution in [0.15, 0.2) is 29.8 Å². The van der Waals surface area contributed by atoms with Gasteiger partial charge in [0, 0.05) is 0 Å². The Balaban J connectivity index is 2.55. The second kappa shape index (κ2) is 7.46. The van der Waals surface area contributed by atoms with Gasteiger partial charge in [0.15, 0.2) is 0 Å². The molecule has 0 bridgehead atoms. The van der Waals surface area contributed by atoms with Gasteiger partial charge in [0.1, 0.15) is 5.82 Å². The van der Waals surface area contributed by atoms with Gasteiger partial charge in [-0.2, -0.15) is 0 Å². The third-order valence-electron chi connectivity index (χ3n) is 2.56. The summed E-state index contributed by atoms with van der Waals surface area (Å²) in [4.78, 5) is 0. The first-order valence-corrected chi connectivity index (χ1v) is 6.32. The summed E-state index contributed by atoms with van der Waals surface area (Å²) in [5.41, 5.74) is 2.07. The van der Waals surface area contributed by atoms with Crippen LogP contribution in [0.25, 0.3) is 0 Å². The molecule has 0 aliphatic rings. The van der Waals surface area contributed by atoms with Gasteiger partial charge in [0.25, 0.3) is 0 Å². The van der Waals surface area contributed by atoms with Crippen LogP contribution < -0.4 is 5.32 Å². The lowest BCUT2D eigenvalue weighted by Crippen LogP contribution is -2.13. The first-order chi connectivity index (χ1) is 8.15. The van der Waals surface area contributed by atoms with Gasteiger partial charge in [0.2, 0.25) is 0 Å². The zero-order chi connectivity index (χ0) is 12.7. The Hall–Kier alpha value is -0.860. The Morgan fingerprint density at radius 2 is 2.24 bits per heavy atom. The van der Waals surface area contributed by atoms with Gasteiger partial charge in [-0.1, -0.05) is 42.3 Å². The molecule has 0 fully saturated rings. The normalized spacial score (nSPS) is 11.9. The highest BCUT2D eigenvalue weighted by Gasteiger charge is 2.05. The third-order valence-corrected chi connectivity index (χ3v) is 2.99. The second-order valence-electron chi connectivity index (χ2n) is 4.08. The van der Waals surface area contributed by atoms with Crippen LogP contribution in [-0.4, -0.2) is 13.1 Å². The number of allylic oxidation sites excluding steroid dienone is 1. The van der Waals surface area contributed by atoms with Gasteiger partial charge >= 0.3 is 0 Å². The quantitative estimate of drug-likeness (QED) is 0.599. The van der Waals surface area contributed by atoms with Crippen molar-refractivity contribution in [3.8, 4) is 0 Å². The number of rotatable bonds is 6. The van der Waals surface area contributed by atoms with Crippen molar-refractivity contribution in [3.05, 3.63) is 46.3 Å². The van der Waals surface area contributed by atoms with Gasteiger partial charge in [-0.05, 0) is 44.5 Å². The topological polar surface area (TPSA) is 12.0 Å². The van der Waals surface area contributed by atoms with Crippen molar-refractivity contribution in [3.63, 3.8) is 0 Å². The van der Waals surface area contributed by atoms with Crippen LogP contribution >= 0.6 is 11.6 Å². The van der Waals surface area contributed by atoms with E-state index in [9.17, 15) is 4.39 Å². The van der Waals surface area contributed by atoms with E-state index in [2.05, 4.69) is 18.3 Å². The number of hydrogen-bond donors (Lipinski definition) is 1. The molecule has 0 heterocycles. The third kappa shape index (κ3) is 4.88. The maximum absolute atomic E-state index is 13.2. The van der Waals surface area contributed by atoms with Gasteiger partial charge in [-0.3, -0.25) is 0 Å². The van der Waals surface area contributed by atoms with Crippen molar-refractivity contribution in [2.24, 2.45) is 0 Å². The minimum atomic E-state index is -0.343. The standard InChI is InChI=1S/C14H19ClFN/c1-3-17-9-5-6-11(2)10-12-7-4-8-13(16)14(12)15/h4,6-8,17H,3,5,9-10H2,1-2H3/b11-6-. The lowest BCUT2D eigenvalue weighted by atomic mass is 10.1. The molecule has 1 nitrogen and oxygen atoms in total. The predicted molar refractivity (Wildman–Crippen MR) is 72.0 cm³/mol. The molecule has 3 heteroatoms. The van der Waals surface area contributed by atoms with E-state index in [1.54, 1.807) is 6.07 Å². The molecule has 0 atom stereocenters. The fraction of sp³-hybridized carbons (Fsp3) is 0.429. The van der Waals surface area contributed by atoms with Crippen LogP contribution in [0.3, 0.4) is 0 Å². The molecular weight excluding hydrogens is 237 g/mol. The maximum Gasteiger partial charge on any atom is 0.142 e. The average Bonchev–Trinajstić information content (AvgIpc) is 2.31. The van der Waals surface area contributed by atoms with E-state index in [4.69, 9.17) is 11.6 Å². The molecule has 0 unspecified atom stereocenters. The average molecular weight is 256 g/mol. The fourth-order valence-electron chi connectivity index (χ4n) is 1.65. The van der Waals surface area contributed by atoms with Crippen molar-refractivity contribution in [1.29, 1.82) is 0 Å². The number of hydrogen-bond acceptors (Lipinski definition) is 1. The van der Waals surface area contributed by atoms with E-state index in [1.165, 1.54) is 11.6 Å². The molecule has 0 aliphatic heterocycles. The van der Waals surface area contributed by atoms with Crippen LogP contribution in [0, 0.1) is 5.82 Å². The van der Waals surface area contributed by atoms with E-state index in [0.29, 0.717) is 6.42 Å². The summed E-state index contributed by atoms with van der Waals surface area (Å²) in [6.07, 6.45) is 3.87. The molecule has 94 valence electrons. The highest BCUT2D eigenvalue weighted by atomic mass is 35.5. The van der Waals surface area contributed by atoms with Crippen molar-refractivity contribution in [2.75, 3.05) is 13.1 Å². The minimum absolute atomic E-state index is 0.243. The molecule has 0 radical (unpaired) electrons. The summed E-state index contributed by atoms with van der Waals surface area (Å²) in [6, 6.07) is 4.95. The smallest absolute Gasteiger partial charge is 0.142 e. The molecule has 17 heavy (non-hydrogen) atoms. The monoisotopic (exact) mass is 255 g/mol. The van der Waals surface area contributed by atoms with Gasteiger partial charge in [0.05, 0.1) is 5.02 Å². The molecule has 0 spiro atoms. The summed E-state index contributed by atoms with van der Waals surface area (Å²) < 4.78 is 13.2. The van der Waals surface area contributed by atoms with Gasteiger partial charge < -0.3 is 5.32 Å². The lowest BCUT2D eigenvalue weighted by Gasteiger charge is -2.06. The number of halogens is 2. The molecular formula is C14H19ClFN. The van der Waals surface area contributed by atoms with Crippen molar-refractivity contribution >= 4 is 11.6 Å². The molecule has 1 aromatic rings. The van der Waals surface area contributed by atoms with E-state index < -0.39 is 0 Å². The van der Waals surface area contributed by atoms with E-state index in [0.717, 1.165) is 25.1 Å². The highest BCUT2D eigenvalue weighted by Crippen LogP contribution is 2.22. The lowest BCUT2D eigenvalue weighted by molar-refractivity contribution is 0.626. The van der Waals surface area contributed by atoms with Crippen LogP contribution in [0.2, 0.25) is 5.02 Å². The zero-order valence-electron chi connectivity index (χ0n) is 10.4. The predicted octanol–water partition coefficient (Wildman–Crippen LogP) is 3.97. The number of nitrogens with one attached hydrogen (secondary N) is 1.